The van der Waals surface area contributed by atoms with Crippen LogP contribution in [0.2, 0.25) is 0 Å². The molecule has 124 valence electrons. The zero-order valence-corrected chi connectivity index (χ0v) is 14.7. The molecule has 1 N–H and O–H groups in total. The quantitative estimate of drug-likeness (QED) is 0.893. The third kappa shape index (κ3) is 4.07. The summed E-state index contributed by atoms with van der Waals surface area (Å²) in [5.41, 5.74) is 2.67. The molecule has 1 aliphatic rings. The van der Waals surface area contributed by atoms with Gasteiger partial charge in [0.2, 0.25) is 10.0 Å². The molecule has 0 amide bonds. The van der Waals surface area contributed by atoms with Gasteiger partial charge in [-0.25, -0.2) is 13.1 Å². The van der Waals surface area contributed by atoms with Crippen LogP contribution < -0.4 is 4.72 Å². The molecule has 0 aromatic heterocycles. The van der Waals surface area contributed by atoms with E-state index in [0.717, 1.165) is 29.8 Å². The molecular formula is C16H26N2O3S. The molecule has 5 nitrogen and oxygen atoms in total. The van der Waals surface area contributed by atoms with Crippen LogP contribution in [-0.4, -0.2) is 52.2 Å². The Morgan fingerprint density at radius 1 is 1.18 bits per heavy atom. The number of rotatable bonds is 5. The lowest BCUT2D eigenvalue weighted by molar-refractivity contribution is 0.0213. The summed E-state index contributed by atoms with van der Waals surface area (Å²) >= 11 is 0. The number of sulfonamides is 1. The largest absolute Gasteiger partial charge is 0.379 e. The molecule has 0 radical (unpaired) electrons. The standard InChI is InChI=1S/C16H26N2O3S/c1-12-9-13(2)16(14(3)10-12)22(19,20)17-11-15(4)18-5-7-21-8-6-18/h9-10,15,17H,5-8,11H2,1-4H3. The fraction of sp³-hybridized carbons (Fsp3) is 0.625. The highest BCUT2D eigenvalue weighted by Gasteiger charge is 2.23. The lowest BCUT2D eigenvalue weighted by Crippen LogP contribution is -2.47. The van der Waals surface area contributed by atoms with E-state index in [1.165, 1.54) is 0 Å². The van der Waals surface area contributed by atoms with Crippen molar-refractivity contribution in [2.75, 3.05) is 32.8 Å². The van der Waals surface area contributed by atoms with Crippen LogP contribution in [-0.2, 0) is 14.8 Å². The zero-order valence-electron chi connectivity index (χ0n) is 13.8. The van der Waals surface area contributed by atoms with Crippen molar-refractivity contribution in [2.45, 2.75) is 38.6 Å². The van der Waals surface area contributed by atoms with Crippen molar-refractivity contribution in [1.82, 2.24) is 9.62 Å². The van der Waals surface area contributed by atoms with E-state index in [4.69, 9.17) is 4.74 Å². The van der Waals surface area contributed by atoms with Crippen LogP contribution in [0.15, 0.2) is 17.0 Å². The Kier molecular flexibility index (Phi) is 5.60. The van der Waals surface area contributed by atoms with E-state index in [2.05, 4.69) is 9.62 Å². The van der Waals surface area contributed by atoms with Gasteiger partial charge in [0.25, 0.3) is 0 Å². The second kappa shape index (κ2) is 7.08. The number of hydrogen-bond donors (Lipinski definition) is 1. The van der Waals surface area contributed by atoms with Gasteiger partial charge >= 0.3 is 0 Å². The Morgan fingerprint density at radius 3 is 2.27 bits per heavy atom. The molecular weight excluding hydrogens is 300 g/mol. The van der Waals surface area contributed by atoms with Gasteiger partial charge in [-0.05, 0) is 38.8 Å². The molecule has 1 saturated heterocycles. The highest BCUT2D eigenvalue weighted by Crippen LogP contribution is 2.21. The van der Waals surface area contributed by atoms with Crippen molar-refractivity contribution < 1.29 is 13.2 Å². The average Bonchev–Trinajstić information content (AvgIpc) is 2.44. The summed E-state index contributed by atoms with van der Waals surface area (Å²) in [5, 5.41) is 0. The summed E-state index contributed by atoms with van der Waals surface area (Å²) in [6.07, 6.45) is 0. The SMILES string of the molecule is Cc1cc(C)c(S(=O)(=O)NCC(C)N2CCOCC2)c(C)c1. The van der Waals surface area contributed by atoms with Crippen molar-refractivity contribution in [3.8, 4) is 0 Å². The summed E-state index contributed by atoms with van der Waals surface area (Å²) in [6.45, 7) is 11.3. The molecule has 0 saturated carbocycles. The third-order valence-corrected chi connectivity index (χ3v) is 5.84. The molecule has 22 heavy (non-hydrogen) atoms. The van der Waals surface area contributed by atoms with E-state index in [0.29, 0.717) is 24.7 Å². The molecule has 0 bridgehead atoms. The summed E-state index contributed by atoms with van der Waals surface area (Å²) in [7, 11) is -3.48. The lowest BCUT2D eigenvalue weighted by Gasteiger charge is -2.32. The fourth-order valence-corrected chi connectivity index (χ4v) is 4.61. The first-order chi connectivity index (χ1) is 10.3. The van der Waals surface area contributed by atoms with Crippen LogP contribution in [0.25, 0.3) is 0 Å². The van der Waals surface area contributed by atoms with Gasteiger partial charge in [-0.2, -0.15) is 0 Å². The van der Waals surface area contributed by atoms with Crippen molar-refractivity contribution >= 4 is 10.0 Å². The number of nitrogens with zero attached hydrogens (tertiary/aromatic N) is 1. The Morgan fingerprint density at radius 2 is 1.73 bits per heavy atom. The second-order valence-corrected chi connectivity index (χ2v) is 7.78. The number of nitrogens with one attached hydrogen (secondary N) is 1. The highest BCUT2D eigenvalue weighted by atomic mass is 32.2. The second-order valence-electron chi connectivity index (χ2n) is 6.08. The summed E-state index contributed by atoms with van der Waals surface area (Å²) in [6, 6.07) is 3.98. The van der Waals surface area contributed by atoms with E-state index in [1.54, 1.807) is 0 Å². The topological polar surface area (TPSA) is 58.6 Å². The van der Waals surface area contributed by atoms with E-state index in [1.807, 2.05) is 39.8 Å². The fourth-order valence-electron chi connectivity index (χ4n) is 3.04. The van der Waals surface area contributed by atoms with Gasteiger partial charge in [0.1, 0.15) is 0 Å². The molecule has 1 heterocycles. The molecule has 1 unspecified atom stereocenters. The summed E-state index contributed by atoms with van der Waals surface area (Å²) in [5.74, 6) is 0. The average molecular weight is 326 g/mol. The maximum atomic E-state index is 12.6. The number of hydrogen-bond acceptors (Lipinski definition) is 4. The molecule has 2 rings (SSSR count). The molecule has 1 fully saturated rings. The maximum absolute atomic E-state index is 12.6. The van der Waals surface area contributed by atoms with Gasteiger partial charge in [-0.1, -0.05) is 17.7 Å². The van der Waals surface area contributed by atoms with Gasteiger partial charge in [0, 0.05) is 25.7 Å². The Hall–Kier alpha value is -0.950. The highest BCUT2D eigenvalue weighted by molar-refractivity contribution is 7.89. The van der Waals surface area contributed by atoms with Crippen LogP contribution >= 0.6 is 0 Å². The monoisotopic (exact) mass is 326 g/mol. The first-order valence-electron chi connectivity index (χ1n) is 7.70. The predicted octanol–water partition coefficient (Wildman–Crippen LogP) is 1.61. The van der Waals surface area contributed by atoms with E-state index in [-0.39, 0.29) is 6.04 Å². The number of morpholine rings is 1. The van der Waals surface area contributed by atoms with E-state index in [9.17, 15) is 8.42 Å². The van der Waals surface area contributed by atoms with Crippen LogP contribution in [0.4, 0.5) is 0 Å². The van der Waals surface area contributed by atoms with Gasteiger partial charge < -0.3 is 4.74 Å². The van der Waals surface area contributed by atoms with E-state index < -0.39 is 10.0 Å². The van der Waals surface area contributed by atoms with Crippen molar-refractivity contribution in [3.05, 3.63) is 28.8 Å². The van der Waals surface area contributed by atoms with Gasteiger partial charge in [0.05, 0.1) is 18.1 Å². The zero-order chi connectivity index (χ0) is 16.3. The Labute approximate surface area is 133 Å². The van der Waals surface area contributed by atoms with Crippen molar-refractivity contribution in [2.24, 2.45) is 0 Å². The summed E-state index contributed by atoms with van der Waals surface area (Å²) in [4.78, 5) is 2.66. The summed E-state index contributed by atoms with van der Waals surface area (Å²) < 4.78 is 33.3. The predicted molar refractivity (Wildman–Crippen MR) is 87.7 cm³/mol. The minimum absolute atomic E-state index is 0.157. The van der Waals surface area contributed by atoms with Crippen LogP contribution in [0.3, 0.4) is 0 Å². The van der Waals surface area contributed by atoms with Crippen LogP contribution in [0.1, 0.15) is 23.6 Å². The van der Waals surface area contributed by atoms with Gasteiger partial charge in [-0.3, -0.25) is 4.90 Å². The van der Waals surface area contributed by atoms with E-state index >= 15 is 0 Å². The maximum Gasteiger partial charge on any atom is 0.241 e. The van der Waals surface area contributed by atoms with Gasteiger partial charge in [0.15, 0.2) is 0 Å². The lowest BCUT2D eigenvalue weighted by atomic mass is 10.1. The number of benzene rings is 1. The minimum Gasteiger partial charge on any atom is -0.379 e. The van der Waals surface area contributed by atoms with Crippen LogP contribution in [0.5, 0.6) is 0 Å². The number of aryl methyl sites for hydroxylation is 3. The first kappa shape index (κ1) is 17.4. The molecule has 1 aliphatic heterocycles. The molecule has 6 heteroatoms. The van der Waals surface area contributed by atoms with Crippen molar-refractivity contribution in [1.29, 1.82) is 0 Å². The smallest absolute Gasteiger partial charge is 0.241 e. The molecule has 0 spiro atoms. The van der Waals surface area contributed by atoms with Gasteiger partial charge in [-0.15, -0.1) is 0 Å². The minimum atomic E-state index is -3.48. The molecule has 1 atom stereocenters. The van der Waals surface area contributed by atoms with Crippen LogP contribution in [0, 0.1) is 20.8 Å². The molecule has 0 aliphatic carbocycles. The Bertz CT molecular complexity index is 599. The first-order valence-corrected chi connectivity index (χ1v) is 9.19. The van der Waals surface area contributed by atoms with Crippen molar-refractivity contribution in [3.63, 3.8) is 0 Å². The number of ether oxygens (including phenoxy) is 1. The normalized spacial score (nSPS) is 18.4. The Balaban J connectivity index is 2.08. The third-order valence-electron chi connectivity index (χ3n) is 4.11. The molecule has 1 aromatic rings. The molecule has 1 aromatic carbocycles.